The molecule has 1 aliphatic rings. The van der Waals surface area contributed by atoms with Crippen molar-refractivity contribution in [1.82, 2.24) is 15.0 Å². The van der Waals surface area contributed by atoms with Gasteiger partial charge in [-0.2, -0.15) is 4.98 Å². The number of anilines is 2. The molecule has 152 valence electrons. The van der Waals surface area contributed by atoms with E-state index in [0.29, 0.717) is 12.6 Å². The Hall–Kier alpha value is -2.99. The number of rotatable bonds is 6. The molecule has 2 aromatic carbocycles. The van der Waals surface area contributed by atoms with E-state index in [9.17, 15) is 0 Å². The maximum Gasteiger partial charge on any atom is 0.228 e. The van der Waals surface area contributed by atoms with Gasteiger partial charge in [0.15, 0.2) is 0 Å². The second kappa shape index (κ2) is 8.40. The van der Waals surface area contributed by atoms with Gasteiger partial charge in [-0.1, -0.05) is 55.3 Å². The predicted octanol–water partition coefficient (Wildman–Crippen LogP) is 5.74. The molecule has 5 rings (SSSR count). The largest absolute Gasteiger partial charge is 0.367 e. The summed E-state index contributed by atoms with van der Waals surface area (Å²) in [6, 6.07) is 19.1. The SMILES string of the molecule is CN(Cc1nc(-c2ccccc2)cs1)c1nc(NC2CCCC2)c2ccccc2n1. The Kier molecular flexibility index (Phi) is 5.32. The van der Waals surface area contributed by atoms with E-state index in [2.05, 4.69) is 45.9 Å². The lowest BCUT2D eigenvalue weighted by Gasteiger charge is -2.20. The molecular formula is C24H25N5S. The number of nitrogens with zero attached hydrogens (tertiary/aromatic N) is 4. The van der Waals surface area contributed by atoms with Crippen LogP contribution in [0.25, 0.3) is 22.2 Å². The van der Waals surface area contributed by atoms with Crippen LogP contribution in [0.5, 0.6) is 0 Å². The van der Waals surface area contributed by atoms with Gasteiger partial charge in [-0.05, 0) is 25.0 Å². The van der Waals surface area contributed by atoms with Crippen molar-refractivity contribution >= 4 is 34.0 Å². The highest BCUT2D eigenvalue weighted by molar-refractivity contribution is 7.10. The van der Waals surface area contributed by atoms with Crippen LogP contribution in [-0.4, -0.2) is 28.0 Å². The average molecular weight is 416 g/mol. The van der Waals surface area contributed by atoms with Crippen LogP contribution in [0.15, 0.2) is 60.0 Å². The maximum atomic E-state index is 4.91. The van der Waals surface area contributed by atoms with Crippen LogP contribution >= 0.6 is 11.3 Å². The molecule has 1 N–H and O–H groups in total. The topological polar surface area (TPSA) is 53.9 Å². The van der Waals surface area contributed by atoms with Crippen molar-refractivity contribution in [2.75, 3.05) is 17.3 Å². The minimum atomic E-state index is 0.508. The molecule has 0 atom stereocenters. The number of aromatic nitrogens is 3. The second-order valence-corrected chi connectivity index (χ2v) is 8.81. The van der Waals surface area contributed by atoms with E-state index < -0.39 is 0 Å². The average Bonchev–Trinajstić information content (AvgIpc) is 3.46. The van der Waals surface area contributed by atoms with Gasteiger partial charge < -0.3 is 10.2 Å². The highest BCUT2D eigenvalue weighted by Crippen LogP contribution is 2.28. The third-order valence-electron chi connectivity index (χ3n) is 5.62. The summed E-state index contributed by atoms with van der Waals surface area (Å²) < 4.78 is 0. The number of thiazole rings is 1. The molecule has 0 bridgehead atoms. The van der Waals surface area contributed by atoms with Crippen LogP contribution in [0.2, 0.25) is 0 Å². The molecule has 5 nitrogen and oxygen atoms in total. The lowest BCUT2D eigenvalue weighted by Crippen LogP contribution is -2.21. The lowest BCUT2D eigenvalue weighted by molar-refractivity contribution is 0.750. The molecular weight excluding hydrogens is 390 g/mol. The molecule has 1 aliphatic carbocycles. The van der Waals surface area contributed by atoms with Gasteiger partial charge in [0.25, 0.3) is 0 Å². The minimum Gasteiger partial charge on any atom is -0.367 e. The smallest absolute Gasteiger partial charge is 0.228 e. The first-order valence-electron chi connectivity index (χ1n) is 10.5. The molecule has 0 saturated heterocycles. The summed E-state index contributed by atoms with van der Waals surface area (Å²) in [5.74, 6) is 1.67. The van der Waals surface area contributed by atoms with Crippen LogP contribution in [0, 0.1) is 0 Å². The summed E-state index contributed by atoms with van der Waals surface area (Å²) in [5.41, 5.74) is 3.14. The van der Waals surface area contributed by atoms with E-state index in [-0.39, 0.29) is 0 Å². The summed E-state index contributed by atoms with van der Waals surface area (Å²) in [6.07, 6.45) is 5.01. The van der Waals surface area contributed by atoms with Gasteiger partial charge in [0, 0.05) is 29.4 Å². The molecule has 0 spiro atoms. The van der Waals surface area contributed by atoms with Crippen LogP contribution in [-0.2, 0) is 6.54 Å². The summed E-state index contributed by atoms with van der Waals surface area (Å²) in [4.78, 5) is 16.6. The third-order valence-corrected chi connectivity index (χ3v) is 6.46. The number of hydrogen-bond donors (Lipinski definition) is 1. The fraction of sp³-hybridized carbons (Fsp3) is 0.292. The van der Waals surface area contributed by atoms with Crippen LogP contribution in [0.3, 0.4) is 0 Å². The normalized spacial score (nSPS) is 14.3. The summed E-state index contributed by atoms with van der Waals surface area (Å²) in [7, 11) is 2.03. The Morgan fingerprint density at radius 2 is 1.73 bits per heavy atom. The van der Waals surface area contributed by atoms with Crippen molar-refractivity contribution in [3.8, 4) is 11.3 Å². The number of para-hydroxylation sites is 1. The summed E-state index contributed by atoms with van der Waals surface area (Å²) >= 11 is 1.68. The van der Waals surface area contributed by atoms with E-state index >= 15 is 0 Å². The second-order valence-electron chi connectivity index (χ2n) is 7.86. The zero-order valence-corrected chi connectivity index (χ0v) is 17.9. The molecule has 2 aromatic heterocycles. The van der Waals surface area contributed by atoms with Crippen molar-refractivity contribution in [1.29, 1.82) is 0 Å². The zero-order chi connectivity index (χ0) is 20.3. The first-order valence-corrected chi connectivity index (χ1v) is 11.4. The third kappa shape index (κ3) is 4.00. The fourth-order valence-corrected chi connectivity index (χ4v) is 4.86. The molecule has 1 saturated carbocycles. The number of benzene rings is 2. The van der Waals surface area contributed by atoms with E-state index in [0.717, 1.165) is 38.9 Å². The summed E-state index contributed by atoms with van der Waals surface area (Å²) in [5, 5.41) is 7.94. The van der Waals surface area contributed by atoms with Gasteiger partial charge in [-0.15, -0.1) is 11.3 Å². The maximum absolute atomic E-state index is 4.91. The fourth-order valence-electron chi connectivity index (χ4n) is 4.01. The number of nitrogens with one attached hydrogen (secondary N) is 1. The molecule has 0 radical (unpaired) electrons. The van der Waals surface area contributed by atoms with Gasteiger partial charge >= 0.3 is 0 Å². The van der Waals surface area contributed by atoms with Crippen LogP contribution in [0.1, 0.15) is 30.7 Å². The van der Waals surface area contributed by atoms with Crippen molar-refractivity contribution in [3.05, 3.63) is 65.0 Å². The first kappa shape index (κ1) is 19.0. The Morgan fingerprint density at radius 3 is 2.57 bits per heavy atom. The predicted molar refractivity (Wildman–Crippen MR) is 125 cm³/mol. The minimum absolute atomic E-state index is 0.508. The van der Waals surface area contributed by atoms with Crippen LogP contribution < -0.4 is 10.2 Å². The Bertz CT molecular complexity index is 1130. The molecule has 0 unspecified atom stereocenters. The van der Waals surface area contributed by atoms with Gasteiger partial charge in [-0.25, -0.2) is 9.97 Å². The standard InChI is InChI=1S/C24H25N5S/c1-29(15-22-26-21(16-30-22)17-9-3-2-4-10-17)24-27-20-14-8-7-13-19(20)23(28-24)25-18-11-5-6-12-18/h2-4,7-10,13-14,16,18H,5-6,11-12,15H2,1H3,(H,25,27,28). The highest BCUT2D eigenvalue weighted by Gasteiger charge is 2.18. The van der Waals surface area contributed by atoms with Gasteiger partial charge in [0.1, 0.15) is 10.8 Å². The van der Waals surface area contributed by atoms with Crippen molar-refractivity contribution in [3.63, 3.8) is 0 Å². The van der Waals surface area contributed by atoms with Gasteiger partial charge in [0.05, 0.1) is 17.8 Å². The molecule has 2 heterocycles. The van der Waals surface area contributed by atoms with E-state index in [1.165, 1.54) is 25.7 Å². The first-order chi connectivity index (χ1) is 14.8. The van der Waals surface area contributed by atoms with Crippen molar-refractivity contribution < 1.29 is 0 Å². The lowest BCUT2D eigenvalue weighted by atomic mass is 10.2. The van der Waals surface area contributed by atoms with E-state index in [1.807, 2.05) is 31.3 Å². The summed E-state index contributed by atoms with van der Waals surface area (Å²) in [6.45, 7) is 0.679. The monoisotopic (exact) mass is 415 g/mol. The van der Waals surface area contributed by atoms with Gasteiger partial charge in [-0.3, -0.25) is 0 Å². The van der Waals surface area contributed by atoms with E-state index in [1.54, 1.807) is 11.3 Å². The quantitative estimate of drug-likeness (QED) is 0.435. The van der Waals surface area contributed by atoms with Crippen LogP contribution in [0.4, 0.5) is 11.8 Å². The molecule has 6 heteroatoms. The van der Waals surface area contributed by atoms with Crippen molar-refractivity contribution in [2.24, 2.45) is 0 Å². The number of hydrogen-bond acceptors (Lipinski definition) is 6. The molecule has 1 fully saturated rings. The Labute approximate surface area is 180 Å². The Morgan fingerprint density at radius 1 is 0.967 bits per heavy atom. The van der Waals surface area contributed by atoms with Gasteiger partial charge in [0.2, 0.25) is 5.95 Å². The molecule has 30 heavy (non-hydrogen) atoms. The number of fused-ring (bicyclic) bond motifs is 1. The Balaban J connectivity index is 1.40. The molecule has 4 aromatic rings. The zero-order valence-electron chi connectivity index (χ0n) is 17.1. The molecule has 0 amide bonds. The van der Waals surface area contributed by atoms with Crippen molar-refractivity contribution in [2.45, 2.75) is 38.3 Å². The molecule has 0 aliphatic heterocycles. The van der Waals surface area contributed by atoms with E-state index in [4.69, 9.17) is 15.0 Å². The highest BCUT2D eigenvalue weighted by atomic mass is 32.1.